The molecule has 0 unspecified atom stereocenters. The lowest BCUT2D eigenvalue weighted by Gasteiger charge is -2.20. The van der Waals surface area contributed by atoms with Crippen molar-refractivity contribution in [3.8, 4) is 44.5 Å². The van der Waals surface area contributed by atoms with Crippen molar-refractivity contribution in [2.24, 2.45) is 0 Å². The Morgan fingerprint density at radius 3 is 1.50 bits per heavy atom. The normalized spacial score (nSPS) is 13.6. The van der Waals surface area contributed by atoms with E-state index < -0.39 is 0 Å². The maximum atomic E-state index is 4.70. The molecule has 0 atom stereocenters. The van der Waals surface area contributed by atoms with Crippen LogP contribution in [0.1, 0.15) is 36.8 Å². The molecule has 0 amide bonds. The summed E-state index contributed by atoms with van der Waals surface area (Å²) in [5, 5.41) is 2.29. The number of hydrogen-bond donors (Lipinski definition) is 0. The van der Waals surface area contributed by atoms with Crippen molar-refractivity contribution in [3.63, 3.8) is 0 Å². The second-order valence-corrected chi connectivity index (χ2v) is 15.8. The largest absolute Gasteiger partial charge is 0.0991 e. The van der Waals surface area contributed by atoms with Crippen LogP contribution in [0.25, 0.3) is 66.4 Å². The van der Waals surface area contributed by atoms with Gasteiger partial charge in [0.15, 0.2) is 0 Å². The lowest BCUT2D eigenvalue weighted by Crippen LogP contribution is -1.99. The number of fused-ring (bicyclic) bond motifs is 1. The predicted molar refractivity (Wildman–Crippen MR) is 271 cm³/mol. The topological polar surface area (TPSA) is 0 Å². The van der Waals surface area contributed by atoms with Crippen molar-refractivity contribution in [2.45, 2.75) is 25.7 Å². The van der Waals surface area contributed by atoms with E-state index in [1.54, 1.807) is 6.08 Å². The fraction of sp³-hybridized carbons (Fsp3) is 0.0645. The fourth-order valence-corrected chi connectivity index (χ4v) is 8.25. The minimum absolute atomic E-state index is 0.816. The minimum atomic E-state index is 0.816. The van der Waals surface area contributed by atoms with Crippen molar-refractivity contribution in [2.75, 3.05) is 0 Å². The minimum Gasteiger partial charge on any atom is -0.0991 e. The molecule has 0 heterocycles. The summed E-state index contributed by atoms with van der Waals surface area (Å²) in [6, 6.07) is 57.1. The van der Waals surface area contributed by atoms with E-state index in [4.69, 9.17) is 6.58 Å². The standard InChI is InChI=1S/C62H52/c1-5-6-17-45(2)46(3)26-27-47(4)59-25-16-24-51(55-30-28-52(29-31-55)48-18-10-7-11-19-48)40-42-60(57-38-36-54(37-39-57)50-22-14-9-15-23-50)61-43-41-58(44-62(59)61)56-34-32-53(33-35-56)49-20-12-8-13-21-49/h5-14,16-22,24-36,38,40-44H,1-4,15,23,37,39H2. The summed E-state index contributed by atoms with van der Waals surface area (Å²) in [5.41, 5.74) is 18.4. The maximum absolute atomic E-state index is 4.70. The highest BCUT2D eigenvalue weighted by Crippen LogP contribution is 2.38. The average Bonchev–Trinajstić information content (AvgIpc) is 3.34. The first-order chi connectivity index (χ1) is 30.4. The van der Waals surface area contributed by atoms with Gasteiger partial charge in [-0.15, -0.1) is 0 Å². The van der Waals surface area contributed by atoms with Crippen molar-refractivity contribution < 1.29 is 0 Å². The number of benzene rings is 5. The molecule has 0 saturated carbocycles. The highest BCUT2D eigenvalue weighted by Gasteiger charge is 2.16. The third-order valence-corrected chi connectivity index (χ3v) is 11.8. The van der Waals surface area contributed by atoms with Gasteiger partial charge in [0.25, 0.3) is 0 Å². The van der Waals surface area contributed by atoms with Gasteiger partial charge in [0.1, 0.15) is 0 Å². The summed E-state index contributed by atoms with van der Waals surface area (Å²) < 4.78 is 0. The van der Waals surface area contributed by atoms with Gasteiger partial charge in [-0.2, -0.15) is 0 Å². The number of allylic oxidation sites excluding steroid dienone is 16. The Bertz CT molecular complexity index is 2900. The highest BCUT2D eigenvalue weighted by atomic mass is 14.2. The van der Waals surface area contributed by atoms with Crippen LogP contribution < -0.4 is 0 Å². The zero-order valence-electron chi connectivity index (χ0n) is 35.4. The smallest absolute Gasteiger partial charge is 0.00933 e. The first-order valence-corrected chi connectivity index (χ1v) is 21.5. The summed E-state index contributed by atoms with van der Waals surface area (Å²) in [4.78, 5) is 0. The van der Waals surface area contributed by atoms with E-state index in [0.717, 1.165) is 75.6 Å². The summed E-state index contributed by atoms with van der Waals surface area (Å²) >= 11 is 0. The van der Waals surface area contributed by atoms with Crippen LogP contribution in [-0.2, 0) is 0 Å². The Morgan fingerprint density at radius 2 is 0.919 bits per heavy atom. The van der Waals surface area contributed by atoms with E-state index in [-0.39, 0.29) is 0 Å². The van der Waals surface area contributed by atoms with Gasteiger partial charge < -0.3 is 0 Å². The van der Waals surface area contributed by atoms with Crippen LogP contribution in [0.4, 0.5) is 0 Å². The zero-order chi connectivity index (χ0) is 42.7. The Morgan fingerprint density at radius 1 is 0.419 bits per heavy atom. The molecule has 6 aromatic rings. The second kappa shape index (κ2) is 19.7. The molecule has 6 aromatic carbocycles. The molecule has 62 heavy (non-hydrogen) atoms. The monoisotopic (exact) mass is 796 g/mol. The average molecular weight is 797 g/mol. The van der Waals surface area contributed by atoms with Gasteiger partial charge in [0.2, 0.25) is 0 Å². The molecule has 0 spiro atoms. The molecule has 0 radical (unpaired) electrons. The first-order valence-electron chi connectivity index (χ1n) is 21.5. The summed E-state index contributed by atoms with van der Waals surface area (Å²) in [5.74, 6) is 0. The molecular weight excluding hydrogens is 745 g/mol. The van der Waals surface area contributed by atoms with Gasteiger partial charge in [-0.25, -0.2) is 0 Å². The number of rotatable bonds is 12. The molecule has 2 aliphatic carbocycles. The quantitative estimate of drug-likeness (QED) is 0.108. The molecule has 0 aliphatic heterocycles. The van der Waals surface area contributed by atoms with Crippen LogP contribution in [0.5, 0.6) is 0 Å². The van der Waals surface area contributed by atoms with Crippen LogP contribution in [-0.4, -0.2) is 0 Å². The lowest BCUT2D eigenvalue weighted by molar-refractivity contribution is 0.905. The van der Waals surface area contributed by atoms with Crippen LogP contribution in [0.15, 0.2) is 267 Å². The van der Waals surface area contributed by atoms with Gasteiger partial charge >= 0.3 is 0 Å². The van der Waals surface area contributed by atoms with Crippen LogP contribution >= 0.6 is 0 Å². The third kappa shape index (κ3) is 9.73. The molecule has 0 nitrogen and oxygen atoms in total. The van der Waals surface area contributed by atoms with Gasteiger partial charge in [-0.1, -0.05) is 239 Å². The first kappa shape index (κ1) is 41.2. The molecule has 300 valence electrons. The van der Waals surface area contributed by atoms with E-state index in [1.165, 1.54) is 49.9 Å². The van der Waals surface area contributed by atoms with E-state index in [9.17, 15) is 0 Å². The second-order valence-electron chi connectivity index (χ2n) is 15.8. The number of hydrogen-bond acceptors (Lipinski definition) is 0. The third-order valence-electron chi connectivity index (χ3n) is 11.8. The summed E-state index contributed by atoms with van der Waals surface area (Å²) in [6.45, 7) is 17.0. The maximum Gasteiger partial charge on any atom is -0.00933 e. The van der Waals surface area contributed by atoms with Crippen molar-refractivity contribution >= 4 is 21.9 Å². The molecule has 8 rings (SSSR count). The van der Waals surface area contributed by atoms with Crippen molar-refractivity contribution in [3.05, 3.63) is 278 Å². The Hall–Kier alpha value is -7.54. The molecule has 0 saturated heterocycles. The van der Waals surface area contributed by atoms with Gasteiger partial charge in [-0.3, -0.25) is 0 Å². The van der Waals surface area contributed by atoms with E-state index in [2.05, 4.69) is 214 Å². The highest BCUT2D eigenvalue weighted by molar-refractivity contribution is 6.02. The van der Waals surface area contributed by atoms with E-state index in [0.29, 0.717) is 0 Å². The zero-order valence-corrected chi connectivity index (χ0v) is 35.4. The molecule has 0 N–H and O–H groups in total. The molecule has 0 heteroatoms. The molecule has 2 aliphatic rings. The van der Waals surface area contributed by atoms with Crippen molar-refractivity contribution in [1.82, 2.24) is 0 Å². The van der Waals surface area contributed by atoms with E-state index >= 15 is 0 Å². The van der Waals surface area contributed by atoms with Crippen molar-refractivity contribution in [1.29, 1.82) is 0 Å². The summed E-state index contributed by atoms with van der Waals surface area (Å²) in [7, 11) is 0. The Balaban J connectivity index is 1.32. The SMILES string of the molecule is C=CC=CC(=C)C(=C)C=CC(=C)c1cccc(-c2ccc(-c3ccccc3)cc2)ccc(C2=CC=C(C3=CC=CCC3)CC2)c2ccc(-c3ccc(-c4ccccc4)cc3)cc12. The Kier molecular flexibility index (Phi) is 13.1. The molecule has 0 aromatic heterocycles. The van der Waals surface area contributed by atoms with Gasteiger partial charge in [0.05, 0.1) is 0 Å². The molecule has 0 fully saturated rings. The Labute approximate surface area is 368 Å². The molecule has 0 bridgehead atoms. The van der Waals surface area contributed by atoms with Crippen LogP contribution in [0.3, 0.4) is 0 Å². The van der Waals surface area contributed by atoms with Crippen LogP contribution in [0, 0.1) is 0 Å². The molecular formula is C62H52. The predicted octanol–water partition coefficient (Wildman–Crippen LogP) is 17.4. The van der Waals surface area contributed by atoms with Crippen LogP contribution in [0.2, 0.25) is 0 Å². The van der Waals surface area contributed by atoms with Gasteiger partial charge in [0, 0.05) is 0 Å². The van der Waals surface area contributed by atoms with E-state index in [1.807, 2.05) is 18.2 Å². The lowest BCUT2D eigenvalue weighted by atomic mass is 9.85. The fourth-order valence-electron chi connectivity index (χ4n) is 8.25. The summed E-state index contributed by atoms with van der Waals surface area (Å²) in [6.07, 6.45) is 25.3. The van der Waals surface area contributed by atoms with Gasteiger partial charge in [-0.05, 0) is 132 Å².